The topological polar surface area (TPSA) is 46.1 Å². The third kappa shape index (κ3) is 2.76. The van der Waals surface area contributed by atoms with E-state index in [-0.39, 0.29) is 11.9 Å². The van der Waals surface area contributed by atoms with E-state index in [4.69, 9.17) is 11.6 Å². The van der Waals surface area contributed by atoms with Crippen LogP contribution in [0.5, 0.6) is 0 Å². The standard InChI is InChI=1S/C16H16ClN3O/c1-11-5-2-3-6-12(11)14-7-4-10-20(14)16(21)13-8-9-15(17)19-18-13/h2-3,5-6,8-9,14H,4,7,10H2,1H3. The zero-order chi connectivity index (χ0) is 14.8. The van der Waals surface area contributed by atoms with Gasteiger partial charge in [-0.05, 0) is 43.0 Å². The van der Waals surface area contributed by atoms with E-state index in [1.54, 1.807) is 12.1 Å². The number of aromatic nitrogens is 2. The molecule has 1 unspecified atom stereocenters. The number of hydrogen-bond donors (Lipinski definition) is 0. The molecule has 3 rings (SSSR count). The molecule has 2 heterocycles. The quantitative estimate of drug-likeness (QED) is 0.854. The molecule has 0 radical (unpaired) electrons. The molecular weight excluding hydrogens is 286 g/mol. The number of nitrogens with zero attached hydrogens (tertiary/aromatic N) is 3. The number of benzene rings is 1. The molecule has 1 saturated heterocycles. The minimum Gasteiger partial charge on any atom is -0.330 e. The van der Waals surface area contributed by atoms with Gasteiger partial charge in [-0.2, -0.15) is 0 Å². The number of hydrogen-bond acceptors (Lipinski definition) is 3. The molecular formula is C16H16ClN3O. The average Bonchev–Trinajstić information content (AvgIpc) is 2.97. The van der Waals surface area contributed by atoms with Gasteiger partial charge < -0.3 is 4.90 Å². The van der Waals surface area contributed by atoms with Crippen LogP contribution in [0.25, 0.3) is 0 Å². The lowest BCUT2D eigenvalue weighted by atomic mass is 9.99. The first kappa shape index (κ1) is 14.0. The van der Waals surface area contributed by atoms with Crippen molar-refractivity contribution in [2.24, 2.45) is 0 Å². The molecule has 0 spiro atoms. The van der Waals surface area contributed by atoms with Gasteiger partial charge in [-0.25, -0.2) is 0 Å². The second-order valence-corrected chi connectivity index (χ2v) is 5.64. The fraction of sp³-hybridized carbons (Fsp3) is 0.312. The molecule has 0 aliphatic carbocycles. The first-order valence-electron chi connectivity index (χ1n) is 7.02. The lowest BCUT2D eigenvalue weighted by Crippen LogP contribution is -2.31. The molecule has 1 aromatic carbocycles. The summed E-state index contributed by atoms with van der Waals surface area (Å²) in [5.41, 5.74) is 2.77. The van der Waals surface area contributed by atoms with Gasteiger partial charge in [0.05, 0.1) is 6.04 Å². The molecule has 4 nitrogen and oxygen atoms in total. The molecule has 1 aliphatic heterocycles. The number of halogens is 1. The molecule has 2 aromatic rings. The summed E-state index contributed by atoms with van der Waals surface area (Å²) in [5, 5.41) is 7.95. The number of carbonyl (C=O) groups is 1. The van der Waals surface area contributed by atoms with Crippen molar-refractivity contribution >= 4 is 17.5 Å². The summed E-state index contributed by atoms with van der Waals surface area (Å²) in [6, 6.07) is 11.6. The molecule has 21 heavy (non-hydrogen) atoms. The van der Waals surface area contributed by atoms with E-state index in [1.165, 1.54) is 11.1 Å². The number of rotatable bonds is 2. The van der Waals surface area contributed by atoms with Gasteiger partial charge in [0.1, 0.15) is 0 Å². The van der Waals surface area contributed by atoms with Crippen molar-refractivity contribution < 1.29 is 4.79 Å². The highest BCUT2D eigenvalue weighted by atomic mass is 35.5. The zero-order valence-corrected chi connectivity index (χ0v) is 12.5. The lowest BCUT2D eigenvalue weighted by molar-refractivity contribution is 0.0728. The van der Waals surface area contributed by atoms with Crippen molar-refractivity contribution in [1.29, 1.82) is 0 Å². The maximum atomic E-state index is 12.6. The molecule has 0 saturated carbocycles. The molecule has 1 aromatic heterocycles. The van der Waals surface area contributed by atoms with Crippen LogP contribution in [0.2, 0.25) is 5.15 Å². The summed E-state index contributed by atoms with van der Waals surface area (Å²) in [6.07, 6.45) is 1.99. The Kier molecular flexibility index (Phi) is 3.88. The third-order valence-corrected chi connectivity index (χ3v) is 4.11. The fourth-order valence-corrected chi connectivity index (χ4v) is 2.97. The minimum atomic E-state index is -0.0788. The number of carbonyl (C=O) groups excluding carboxylic acids is 1. The van der Waals surface area contributed by atoms with Gasteiger partial charge in [0.15, 0.2) is 10.8 Å². The maximum Gasteiger partial charge on any atom is 0.274 e. The predicted octanol–water partition coefficient (Wildman–Crippen LogP) is 3.42. The van der Waals surface area contributed by atoms with Crippen LogP contribution in [-0.2, 0) is 0 Å². The molecule has 1 atom stereocenters. The normalized spacial score (nSPS) is 18.0. The van der Waals surface area contributed by atoms with Crippen LogP contribution in [0.1, 0.15) is 40.5 Å². The fourth-order valence-electron chi connectivity index (χ4n) is 2.87. The number of likely N-dealkylation sites (tertiary alicyclic amines) is 1. The highest BCUT2D eigenvalue weighted by Crippen LogP contribution is 2.34. The third-order valence-electron chi connectivity index (χ3n) is 3.91. The van der Waals surface area contributed by atoms with Gasteiger partial charge in [-0.1, -0.05) is 35.9 Å². The molecule has 1 amide bonds. The smallest absolute Gasteiger partial charge is 0.274 e. The number of amides is 1. The summed E-state index contributed by atoms with van der Waals surface area (Å²) in [6.45, 7) is 2.83. The van der Waals surface area contributed by atoms with Crippen LogP contribution in [0.3, 0.4) is 0 Å². The van der Waals surface area contributed by atoms with Crippen LogP contribution >= 0.6 is 11.6 Å². The summed E-state index contributed by atoms with van der Waals surface area (Å²) in [5.74, 6) is -0.0788. The van der Waals surface area contributed by atoms with E-state index in [0.29, 0.717) is 10.8 Å². The van der Waals surface area contributed by atoms with Gasteiger partial charge in [0.2, 0.25) is 0 Å². The first-order chi connectivity index (χ1) is 10.2. The second-order valence-electron chi connectivity index (χ2n) is 5.25. The van der Waals surface area contributed by atoms with Crippen molar-refractivity contribution in [1.82, 2.24) is 15.1 Å². The first-order valence-corrected chi connectivity index (χ1v) is 7.40. The van der Waals surface area contributed by atoms with Gasteiger partial charge in [0, 0.05) is 6.54 Å². The van der Waals surface area contributed by atoms with Crippen molar-refractivity contribution in [2.45, 2.75) is 25.8 Å². The second kappa shape index (κ2) is 5.82. The van der Waals surface area contributed by atoms with E-state index in [9.17, 15) is 4.79 Å². The van der Waals surface area contributed by atoms with Crippen molar-refractivity contribution in [3.05, 3.63) is 58.4 Å². The molecule has 0 bridgehead atoms. The molecule has 108 valence electrons. The van der Waals surface area contributed by atoms with Gasteiger partial charge in [-0.3, -0.25) is 4.79 Å². The number of aryl methyl sites for hydroxylation is 1. The summed E-state index contributed by atoms with van der Waals surface area (Å²) < 4.78 is 0. The van der Waals surface area contributed by atoms with E-state index in [0.717, 1.165) is 19.4 Å². The summed E-state index contributed by atoms with van der Waals surface area (Å²) in [4.78, 5) is 14.5. The van der Waals surface area contributed by atoms with Crippen LogP contribution in [0.15, 0.2) is 36.4 Å². The van der Waals surface area contributed by atoms with E-state index < -0.39 is 0 Å². The highest BCUT2D eigenvalue weighted by Gasteiger charge is 2.32. The van der Waals surface area contributed by atoms with Crippen LogP contribution in [0, 0.1) is 6.92 Å². The largest absolute Gasteiger partial charge is 0.330 e. The Bertz CT molecular complexity index is 657. The van der Waals surface area contributed by atoms with Crippen molar-refractivity contribution in [3.63, 3.8) is 0 Å². The predicted molar refractivity (Wildman–Crippen MR) is 81.2 cm³/mol. The van der Waals surface area contributed by atoms with Crippen LogP contribution < -0.4 is 0 Å². The SMILES string of the molecule is Cc1ccccc1C1CCCN1C(=O)c1ccc(Cl)nn1. The average molecular weight is 302 g/mol. The minimum absolute atomic E-state index is 0.0788. The Morgan fingerprint density at radius 2 is 2.05 bits per heavy atom. The van der Waals surface area contributed by atoms with Gasteiger partial charge in [-0.15, -0.1) is 10.2 Å². The summed E-state index contributed by atoms with van der Waals surface area (Å²) >= 11 is 5.72. The molecule has 5 heteroatoms. The van der Waals surface area contributed by atoms with Gasteiger partial charge in [0.25, 0.3) is 5.91 Å². The Hall–Kier alpha value is -1.94. The van der Waals surface area contributed by atoms with Crippen molar-refractivity contribution in [2.75, 3.05) is 6.54 Å². The van der Waals surface area contributed by atoms with Crippen molar-refractivity contribution in [3.8, 4) is 0 Å². The molecule has 1 aliphatic rings. The van der Waals surface area contributed by atoms with E-state index in [1.807, 2.05) is 17.0 Å². The zero-order valence-electron chi connectivity index (χ0n) is 11.8. The van der Waals surface area contributed by atoms with E-state index in [2.05, 4.69) is 29.3 Å². The lowest BCUT2D eigenvalue weighted by Gasteiger charge is -2.25. The van der Waals surface area contributed by atoms with E-state index >= 15 is 0 Å². The Labute approximate surface area is 128 Å². The maximum absolute atomic E-state index is 12.6. The molecule has 0 N–H and O–H groups in total. The summed E-state index contributed by atoms with van der Waals surface area (Å²) in [7, 11) is 0. The van der Waals surface area contributed by atoms with Gasteiger partial charge >= 0.3 is 0 Å². The Balaban J connectivity index is 1.89. The molecule has 1 fully saturated rings. The Morgan fingerprint density at radius 3 is 2.76 bits per heavy atom. The van der Waals surface area contributed by atoms with Crippen LogP contribution in [0.4, 0.5) is 0 Å². The van der Waals surface area contributed by atoms with Crippen LogP contribution in [-0.4, -0.2) is 27.5 Å². The Morgan fingerprint density at radius 1 is 1.24 bits per heavy atom. The highest BCUT2D eigenvalue weighted by molar-refractivity contribution is 6.29. The monoisotopic (exact) mass is 301 g/mol.